The fourth-order valence-electron chi connectivity index (χ4n) is 5.64. The summed E-state index contributed by atoms with van der Waals surface area (Å²) in [4.78, 5) is 25.4. The third-order valence-corrected chi connectivity index (χ3v) is 6.59. The van der Waals surface area contributed by atoms with E-state index in [4.69, 9.17) is 9.47 Å². The van der Waals surface area contributed by atoms with Crippen molar-refractivity contribution in [3.05, 3.63) is 83.0 Å². The van der Waals surface area contributed by atoms with Crippen molar-refractivity contribution >= 4 is 22.7 Å². The molecular weight excluding hydrogens is 352 g/mol. The molecular formula is C24H18O4. The van der Waals surface area contributed by atoms with Gasteiger partial charge in [-0.25, -0.2) is 9.59 Å². The molecule has 0 N–H and O–H groups in total. The maximum atomic E-state index is 12.8. The molecule has 0 aromatic heterocycles. The van der Waals surface area contributed by atoms with Gasteiger partial charge in [-0.2, -0.15) is 0 Å². The summed E-state index contributed by atoms with van der Waals surface area (Å²) in [6.07, 6.45) is 8.12. The second kappa shape index (κ2) is 5.22. The lowest BCUT2D eigenvalue weighted by molar-refractivity contribution is -0.149. The zero-order valence-corrected chi connectivity index (χ0v) is 15.3. The van der Waals surface area contributed by atoms with Gasteiger partial charge in [0.05, 0.1) is 6.61 Å². The lowest BCUT2D eigenvalue weighted by Crippen LogP contribution is -2.41. The summed E-state index contributed by atoms with van der Waals surface area (Å²) in [7, 11) is 0. The van der Waals surface area contributed by atoms with Gasteiger partial charge < -0.3 is 9.47 Å². The third kappa shape index (κ3) is 1.71. The van der Waals surface area contributed by atoms with Gasteiger partial charge in [-0.15, -0.1) is 0 Å². The number of carbonyl (C=O) groups is 2. The highest BCUT2D eigenvalue weighted by Crippen LogP contribution is 2.63. The van der Waals surface area contributed by atoms with E-state index in [1.54, 1.807) is 6.92 Å². The Bertz CT molecular complexity index is 1160. The zero-order valence-electron chi connectivity index (χ0n) is 15.3. The van der Waals surface area contributed by atoms with Gasteiger partial charge >= 0.3 is 11.9 Å². The predicted molar refractivity (Wildman–Crippen MR) is 104 cm³/mol. The topological polar surface area (TPSA) is 52.6 Å². The van der Waals surface area contributed by atoms with Gasteiger partial charge in [0.1, 0.15) is 0 Å². The maximum Gasteiger partial charge on any atom is 0.347 e. The number of benzene rings is 2. The van der Waals surface area contributed by atoms with Crippen LogP contribution in [-0.4, -0.2) is 24.1 Å². The fraction of sp³-hybridized carbons (Fsp3) is 0.250. The van der Waals surface area contributed by atoms with Crippen LogP contribution in [0, 0.1) is 5.92 Å². The average Bonchev–Trinajstić information content (AvgIpc) is 3.06. The normalized spacial score (nSPS) is 31.0. The Balaban J connectivity index is 1.65. The Kier molecular flexibility index (Phi) is 2.96. The van der Waals surface area contributed by atoms with Crippen molar-refractivity contribution in [2.75, 3.05) is 6.61 Å². The zero-order chi connectivity index (χ0) is 19.0. The second-order valence-corrected chi connectivity index (χ2v) is 7.78. The van der Waals surface area contributed by atoms with E-state index in [-0.39, 0.29) is 29.9 Å². The van der Waals surface area contributed by atoms with Gasteiger partial charge in [0, 0.05) is 23.3 Å². The number of rotatable bonds is 2. The van der Waals surface area contributed by atoms with Crippen LogP contribution in [0.3, 0.4) is 0 Å². The minimum atomic E-state index is -0.958. The van der Waals surface area contributed by atoms with Gasteiger partial charge in [0.15, 0.2) is 11.2 Å². The van der Waals surface area contributed by atoms with Gasteiger partial charge in [-0.05, 0) is 34.9 Å². The minimum absolute atomic E-state index is 0.0344. The molecule has 1 aliphatic heterocycles. The number of allylic oxidation sites excluding steroid dienone is 2. The summed E-state index contributed by atoms with van der Waals surface area (Å²) in [6, 6.07) is 12.7. The maximum absolute atomic E-state index is 12.8. The molecule has 2 aromatic carbocycles. The molecule has 4 aliphatic carbocycles. The molecule has 7 rings (SSSR count). The van der Waals surface area contributed by atoms with Crippen LogP contribution in [-0.2, 0) is 19.1 Å². The molecule has 5 aliphatic rings. The van der Waals surface area contributed by atoms with E-state index in [0.717, 1.165) is 0 Å². The molecule has 28 heavy (non-hydrogen) atoms. The summed E-state index contributed by atoms with van der Waals surface area (Å²) in [5.41, 5.74) is 2.19. The van der Waals surface area contributed by atoms with Crippen molar-refractivity contribution in [3.63, 3.8) is 0 Å². The van der Waals surface area contributed by atoms with Crippen LogP contribution in [0.2, 0.25) is 0 Å². The van der Waals surface area contributed by atoms with Crippen molar-refractivity contribution in [2.24, 2.45) is 5.92 Å². The first-order chi connectivity index (χ1) is 13.7. The second-order valence-electron chi connectivity index (χ2n) is 7.78. The van der Waals surface area contributed by atoms with Crippen LogP contribution >= 0.6 is 0 Å². The van der Waals surface area contributed by atoms with Crippen LogP contribution in [0.4, 0.5) is 0 Å². The molecule has 2 aromatic rings. The molecule has 4 heteroatoms. The SMILES string of the molecule is CCOC(=O)C1=C2C=C[C@H]3C=C[C@]2(OC1=O)[C@H]1c2cccc4cccc(c24)[C@@H]31. The smallest absolute Gasteiger partial charge is 0.347 e. The number of esters is 2. The van der Waals surface area contributed by atoms with Gasteiger partial charge in [0.25, 0.3) is 0 Å². The van der Waals surface area contributed by atoms with Crippen LogP contribution in [0.5, 0.6) is 0 Å². The molecule has 0 saturated heterocycles. The molecule has 2 bridgehead atoms. The van der Waals surface area contributed by atoms with Crippen LogP contribution < -0.4 is 0 Å². The Morgan fingerprint density at radius 3 is 2.71 bits per heavy atom. The number of hydrogen-bond donors (Lipinski definition) is 0. The monoisotopic (exact) mass is 370 g/mol. The first kappa shape index (κ1) is 15.9. The summed E-state index contributed by atoms with van der Waals surface area (Å²) in [6.45, 7) is 1.95. The summed E-state index contributed by atoms with van der Waals surface area (Å²) in [5, 5.41) is 2.45. The van der Waals surface area contributed by atoms with Crippen molar-refractivity contribution in [3.8, 4) is 0 Å². The predicted octanol–water partition coefficient (Wildman–Crippen LogP) is 3.93. The molecule has 4 atom stereocenters. The molecule has 0 saturated carbocycles. The van der Waals surface area contributed by atoms with E-state index >= 15 is 0 Å². The van der Waals surface area contributed by atoms with Gasteiger partial charge in [-0.3, -0.25) is 0 Å². The Labute approximate surface area is 162 Å². The van der Waals surface area contributed by atoms with E-state index in [1.807, 2.05) is 12.2 Å². The number of hydrogen-bond acceptors (Lipinski definition) is 4. The van der Waals surface area contributed by atoms with E-state index < -0.39 is 17.5 Å². The lowest BCUT2D eigenvalue weighted by Gasteiger charge is -2.40. The largest absolute Gasteiger partial charge is 0.462 e. The number of carbonyl (C=O) groups excluding carboxylic acids is 2. The highest BCUT2D eigenvalue weighted by Gasteiger charge is 2.61. The van der Waals surface area contributed by atoms with Crippen LogP contribution in [0.15, 0.2) is 71.8 Å². The van der Waals surface area contributed by atoms with Crippen molar-refractivity contribution in [1.82, 2.24) is 0 Å². The molecule has 0 unspecified atom stereocenters. The molecule has 1 heterocycles. The first-order valence-electron chi connectivity index (χ1n) is 9.70. The highest BCUT2D eigenvalue weighted by molar-refractivity contribution is 6.17. The van der Waals surface area contributed by atoms with Gasteiger partial charge in [0.2, 0.25) is 0 Å². The minimum Gasteiger partial charge on any atom is -0.462 e. The van der Waals surface area contributed by atoms with Crippen LogP contribution in [0.25, 0.3) is 10.8 Å². The fourth-order valence-corrected chi connectivity index (χ4v) is 5.64. The summed E-state index contributed by atoms with van der Waals surface area (Å²) < 4.78 is 11.2. The van der Waals surface area contributed by atoms with E-state index in [2.05, 4.69) is 48.6 Å². The van der Waals surface area contributed by atoms with E-state index in [0.29, 0.717) is 5.57 Å². The average molecular weight is 370 g/mol. The Morgan fingerprint density at radius 1 is 1.14 bits per heavy atom. The van der Waals surface area contributed by atoms with E-state index in [9.17, 15) is 9.59 Å². The van der Waals surface area contributed by atoms with Gasteiger partial charge in [-0.1, -0.05) is 54.6 Å². The molecule has 1 spiro atoms. The Morgan fingerprint density at radius 2 is 1.93 bits per heavy atom. The standard InChI is InChI=1S/C24H18O4/c1-2-27-22(25)20-17-10-9-14-11-12-24(17,28-23(20)26)21-16-8-4-6-13-5-3-7-15(18(13)16)19(14)21/h3-12,14,19,21H,2H2,1H3/t14-,19+,21-,24+/m0/s1. The highest BCUT2D eigenvalue weighted by atomic mass is 16.6. The lowest BCUT2D eigenvalue weighted by atomic mass is 9.66. The summed E-state index contributed by atoms with van der Waals surface area (Å²) in [5.74, 6) is -0.884. The molecule has 0 amide bonds. The number of ether oxygens (including phenoxy) is 2. The molecule has 0 radical (unpaired) electrons. The molecule has 138 valence electrons. The first-order valence-corrected chi connectivity index (χ1v) is 9.70. The van der Waals surface area contributed by atoms with Crippen molar-refractivity contribution in [2.45, 2.75) is 24.4 Å². The van der Waals surface area contributed by atoms with Crippen LogP contribution in [0.1, 0.15) is 29.9 Å². The van der Waals surface area contributed by atoms with Crippen molar-refractivity contribution < 1.29 is 19.1 Å². The third-order valence-electron chi connectivity index (χ3n) is 6.59. The molecule has 0 fully saturated rings. The molecule has 4 nitrogen and oxygen atoms in total. The quantitative estimate of drug-likeness (QED) is 0.457. The Hall–Kier alpha value is -3.14. The summed E-state index contributed by atoms with van der Waals surface area (Å²) >= 11 is 0. The van der Waals surface area contributed by atoms with Crippen molar-refractivity contribution in [1.29, 1.82) is 0 Å². The van der Waals surface area contributed by atoms with E-state index in [1.165, 1.54) is 21.9 Å².